The minimum atomic E-state index is -3.31. The topological polar surface area (TPSA) is 131 Å². The number of ketones is 1. The number of pyridine rings is 1. The summed E-state index contributed by atoms with van der Waals surface area (Å²) in [7, 11) is -3.31. The van der Waals surface area contributed by atoms with Crippen LogP contribution in [0.3, 0.4) is 0 Å². The van der Waals surface area contributed by atoms with Crippen LogP contribution in [0, 0.1) is 0 Å². The van der Waals surface area contributed by atoms with Crippen LogP contribution in [-0.4, -0.2) is 45.7 Å². The lowest BCUT2D eigenvalue weighted by Crippen LogP contribution is -2.39. The van der Waals surface area contributed by atoms with Crippen LogP contribution in [0.15, 0.2) is 46.2 Å². The standard InChI is InChI=1S/C22H24N4O5S/c1-13(27)17-11-14-12-23-21(24-15-6-8-16(9-7-15)32(3,30)31)25-19(14)26(20(17)28)18-5-4-10-22(18,2)29/h6-9,11-12,18,29H,4-5,10H2,1-3H3,(H,23,24,25)/t18-,22-/m1/s1. The van der Waals surface area contributed by atoms with Gasteiger partial charge in [0.2, 0.25) is 5.95 Å². The van der Waals surface area contributed by atoms with Crippen LogP contribution in [0.25, 0.3) is 11.0 Å². The van der Waals surface area contributed by atoms with Crippen LogP contribution in [0.2, 0.25) is 0 Å². The summed E-state index contributed by atoms with van der Waals surface area (Å²) in [5.41, 5.74) is -0.678. The maximum Gasteiger partial charge on any atom is 0.263 e. The van der Waals surface area contributed by atoms with Gasteiger partial charge in [-0.3, -0.25) is 14.2 Å². The van der Waals surface area contributed by atoms with E-state index in [0.717, 1.165) is 12.7 Å². The zero-order chi connectivity index (χ0) is 23.3. The number of rotatable bonds is 5. The van der Waals surface area contributed by atoms with Crippen LogP contribution in [0.5, 0.6) is 0 Å². The van der Waals surface area contributed by atoms with Gasteiger partial charge in [0, 0.05) is 23.5 Å². The van der Waals surface area contributed by atoms with Crippen molar-refractivity contribution in [2.45, 2.75) is 49.6 Å². The molecule has 0 saturated heterocycles. The number of carbonyl (C=O) groups excluding carboxylic acids is 1. The molecular formula is C22H24N4O5S. The fraction of sp³-hybridized carbons (Fsp3) is 0.364. The van der Waals surface area contributed by atoms with Crippen molar-refractivity contribution in [1.82, 2.24) is 14.5 Å². The molecule has 0 amide bonds. The first-order valence-corrected chi connectivity index (χ1v) is 12.1. The number of nitrogens with one attached hydrogen (secondary N) is 1. The number of Topliss-reactive ketones (excluding diaryl/α,β-unsaturated/α-hetero) is 1. The van der Waals surface area contributed by atoms with Crippen molar-refractivity contribution in [3.63, 3.8) is 0 Å². The second-order valence-corrected chi connectivity index (χ2v) is 10.5. The molecule has 0 radical (unpaired) electrons. The maximum atomic E-state index is 13.2. The summed E-state index contributed by atoms with van der Waals surface area (Å²) in [5.74, 6) is -0.164. The highest BCUT2D eigenvalue weighted by Gasteiger charge is 2.40. The van der Waals surface area contributed by atoms with Gasteiger partial charge in [0.15, 0.2) is 15.6 Å². The van der Waals surface area contributed by atoms with Gasteiger partial charge in [-0.25, -0.2) is 13.4 Å². The molecule has 10 heteroatoms. The second kappa shape index (κ2) is 7.79. The van der Waals surface area contributed by atoms with E-state index in [1.165, 1.54) is 35.9 Å². The lowest BCUT2D eigenvalue weighted by molar-refractivity contribution is 0.0265. The summed E-state index contributed by atoms with van der Waals surface area (Å²) in [6, 6.07) is 7.10. The predicted octanol–water partition coefficient (Wildman–Crippen LogP) is 2.62. The Labute approximate surface area is 185 Å². The molecular weight excluding hydrogens is 432 g/mol. The van der Waals surface area contributed by atoms with Gasteiger partial charge >= 0.3 is 0 Å². The Morgan fingerprint density at radius 1 is 1.28 bits per heavy atom. The summed E-state index contributed by atoms with van der Waals surface area (Å²) in [4.78, 5) is 34.2. The van der Waals surface area contributed by atoms with Gasteiger partial charge in [0.25, 0.3) is 5.56 Å². The molecule has 168 valence electrons. The van der Waals surface area contributed by atoms with E-state index in [2.05, 4.69) is 15.3 Å². The van der Waals surface area contributed by atoms with Crippen LogP contribution in [0.4, 0.5) is 11.6 Å². The highest BCUT2D eigenvalue weighted by atomic mass is 32.2. The number of fused-ring (bicyclic) bond motifs is 1. The number of sulfone groups is 1. The van der Waals surface area contributed by atoms with Crippen molar-refractivity contribution in [2.24, 2.45) is 0 Å². The average molecular weight is 457 g/mol. The Morgan fingerprint density at radius 3 is 2.53 bits per heavy atom. The average Bonchev–Trinajstić information content (AvgIpc) is 3.05. The van der Waals surface area contributed by atoms with Crippen LogP contribution in [0.1, 0.15) is 49.5 Å². The molecule has 2 aromatic heterocycles. The quantitative estimate of drug-likeness (QED) is 0.560. The Balaban J connectivity index is 1.82. The van der Waals surface area contributed by atoms with E-state index >= 15 is 0 Å². The molecule has 1 aliphatic rings. The Hall–Kier alpha value is -3.11. The lowest BCUT2D eigenvalue weighted by atomic mass is 9.99. The zero-order valence-electron chi connectivity index (χ0n) is 18.0. The third-order valence-corrected chi connectivity index (χ3v) is 7.01. The molecule has 0 bridgehead atoms. The molecule has 4 rings (SSSR count). The molecule has 0 aliphatic heterocycles. The van der Waals surface area contributed by atoms with Crippen LogP contribution < -0.4 is 10.9 Å². The van der Waals surface area contributed by atoms with Gasteiger partial charge in [-0.05, 0) is 63.4 Å². The van der Waals surface area contributed by atoms with Gasteiger partial charge in [-0.15, -0.1) is 0 Å². The molecule has 2 N–H and O–H groups in total. The van der Waals surface area contributed by atoms with Gasteiger partial charge < -0.3 is 10.4 Å². The van der Waals surface area contributed by atoms with E-state index in [9.17, 15) is 23.1 Å². The normalized spacial score (nSPS) is 21.1. The first-order valence-electron chi connectivity index (χ1n) is 10.2. The van der Waals surface area contributed by atoms with Gasteiger partial charge in [0.05, 0.1) is 22.1 Å². The monoisotopic (exact) mass is 456 g/mol. The summed E-state index contributed by atoms with van der Waals surface area (Å²) in [5, 5.41) is 14.4. The highest BCUT2D eigenvalue weighted by Crippen LogP contribution is 2.39. The number of aliphatic hydroxyl groups is 1. The molecule has 2 atom stereocenters. The van der Waals surface area contributed by atoms with E-state index in [0.29, 0.717) is 29.6 Å². The van der Waals surface area contributed by atoms with E-state index in [-0.39, 0.29) is 22.2 Å². The SMILES string of the molecule is CC(=O)c1cc2cnc(Nc3ccc(S(C)(=O)=O)cc3)nc2n([C@@H]2CCC[C@@]2(C)O)c1=O. The molecule has 1 aromatic carbocycles. The number of nitrogens with zero attached hydrogens (tertiary/aromatic N) is 3. The smallest absolute Gasteiger partial charge is 0.263 e. The van der Waals surface area contributed by atoms with Crippen LogP contribution in [-0.2, 0) is 9.84 Å². The number of hydrogen-bond acceptors (Lipinski definition) is 8. The first kappa shape index (κ1) is 22.1. The zero-order valence-corrected chi connectivity index (χ0v) is 18.8. The number of anilines is 2. The predicted molar refractivity (Wildman–Crippen MR) is 120 cm³/mol. The summed E-state index contributed by atoms with van der Waals surface area (Å²) >= 11 is 0. The van der Waals surface area contributed by atoms with Crippen molar-refractivity contribution < 1.29 is 18.3 Å². The van der Waals surface area contributed by atoms with E-state index in [1.807, 2.05) is 0 Å². The van der Waals surface area contributed by atoms with Crippen LogP contribution >= 0.6 is 0 Å². The second-order valence-electron chi connectivity index (χ2n) is 8.45. The minimum Gasteiger partial charge on any atom is -0.388 e. The molecule has 0 unspecified atom stereocenters. The molecule has 1 saturated carbocycles. The fourth-order valence-electron chi connectivity index (χ4n) is 4.17. The number of benzene rings is 1. The fourth-order valence-corrected chi connectivity index (χ4v) is 4.80. The lowest BCUT2D eigenvalue weighted by Gasteiger charge is -2.28. The van der Waals surface area contributed by atoms with Gasteiger partial charge in [0.1, 0.15) is 5.65 Å². The van der Waals surface area contributed by atoms with Gasteiger partial charge in [-0.1, -0.05) is 0 Å². The molecule has 1 aliphatic carbocycles. The van der Waals surface area contributed by atoms with E-state index < -0.39 is 27.0 Å². The van der Waals surface area contributed by atoms with E-state index in [4.69, 9.17) is 0 Å². The largest absolute Gasteiger partial charge is 0.388 e. The molecule has 0 spiro atoms. The van der Waals surface area contributed by atoms with Gasteiger partial charge in [-0.2, -0.15) is 4.98 Å². The number of hydrogen-bond donors (Lipinski definition) is 2. The minimum absolute atomic E-state index is 0.0286. The Morgan fingerprint density at radius 2 is 1.97 bits per heavy atom. The summed E-state index contributed by atoms with van der Waals surface area (Å²) in [6.07, 6.45) is 4.52. The van der Waals surface area contributed by atoms with Crippen molar-refractivity contribution in [2.75, 3.05) is 11.6 Å². The number of aromatic nitrogens is 3. The third kappa shape index (κ3) is 4.03. The molecule has 3 aromatic rings. The Bertz CT molecular complexity index is 1380. The molecule has 32 heavy (non-hydrogen) atoms. The Kier molecular flexibility index (Phi) is 5.38. The van der Waals surface area contributed by atoms with Crippen molar-refractivity contribution in [3.8, 4) is 0 Å². The number of carbonyl (C=O) groups is 1. The summed E-state index contributed by atoms with van der Waals surface area (Å²) < 4.78 is 24.7. The molecule has 2 heterocycles. The maximum absolute atomic E-state index is 13.2. The van der Waals surface area contributed by atoms with Crippen molar-refractivity contribution in [1.29, 1.82) is 0 Å². The van der Waals surface area contributed by atoms with Crippen molar-refractivity contribution >= 4 is 38.3 Å². The van der Waals surface area contributed by atoms with Crippen molar-refractivity contribution in [3.05, 3.63) is 52.4 Å². The molecule has 1 fully saturated rings. The summed E-state index contributed by atoms with van der Waals surface area (Å²) in [6.45, 7) is 3.02. The highest BCUT2D eigenvalue weighted by molar-refractivity contribution is 7.90. The van der Waals surface area contributed by atoms with E-state index in [1.54, 1.807) is 19.1 Å². The third-order valence-electron chi connectivity index (χ3n) is 5.88. The molecule has 9 nitrogen and oxygen atoms in total. The first-order chi connectivity index (χ1) is 15.0.